The van der Waals surface area contributed by atoms with Crippen LogP contribution >= 0.6 is 23.4 Å². The van der Waals surface area contributed by atoms with Crippen molar-refractivity contribution < 1.29 is 4.79 Å². The van der Waals surface area contributed by atoms with Crippen molar-refractivity contribution >= 4 is 40.2 Å². The van der Waals surface area contributed by atoms with Gasteiger partial charge in [-0.3, -0.25) is 9.59 Å². The molecular weight excluding hydrogens is 394 g/mol. The zero-order valence-corrected chi connectivity index (χ0v) is 17.4. The molecule has 2 aromatic carbocycles. The van der Waals surface area contributed by atoms with Gasteiger partial charge in [0.1, 0.15) is 5.82 Å². The number of aromatic amines is 1. The highest BCUT2D eigenvalue weighted by Gasteiger charge is 2.19. The summed E-state index contributed by atoms with van der Waals surface area (Å²) in [7, 11) is 0. The van der Waals surface area contributed by atoms with Crippen LogP contribution in [0.1, 0.15) is 25.2 Å². The second kappa shape index (κ2) is 9.26. The SMILES string of the molecule is CC(C)N(Cc1nc2ccccc2c(=O)[nH]1)C(=O)CSCc1ccc(Cl)cc1. The Bertz CT molecular complexity index is 1020. The quantitative estimate of drug-likeness (QED) is 0.626. The molecule has 0 bridgehead atoms. The highest BCUT2D eigenvalue weighted by Crippen LogP contribution is 2.17. The molecule has 1 N–H and O–H groups in total. The van der Waals surface area contributed by atoms with Crippen LogP contribution in [0.3, 0.4) is 0 Å². The number of fused-ring (bicyclic) bond motifs is 1. The summed E-state index contributed by atoms with van der Waals surface area (Å²) in [5, 5.41) is 1.25. The number of aromatic nitrogens is 2. The topological polar surface area (TPSA) is 66.1 Å². The number of hydrogen-bond acceptors (Lipinski definition) is 4. The normalized spacial score (nSPS) is 11.1. The summed E-state index contributed by atoms with van der Waals surface area (Å²) in [6.07, 6.45) is 0. The zero-order chi connectivity index (χ0) is 20.1. The van der Waals surface area contributed by atoms with Gasteiger partial charge in [-0.05, 0) is 43.7 Å². The molecule has 0 aliphatic rings. The van der Waals surface area contributed by atoms with Gasteiger partial charge in [-0.15, -0.1) is 11.8 Å². The van der Waals surface area contributed by atoms with Gasteiger partial charge in [0.25, 0.3) is 5.56 Å². The fourth-order valence-corrected chi connectivity index (χ4v) is 3.85. The number of amides is 1. The van der Waals surface area contributed by atoms with E-state index in [9.17, 15) is 9.59 Å². The second-order valence-corrected chi connectivity index (χ2v) is 8.19. The third-order valence-corrected chi connectivity index (χ3v) is 5.57. The van der Waals surface area contributed by atoms with E-state index in [0.717, 1.165) is 11.3 Å². The van der Waals surface area contributed by atoms with Crippen molar-refractivity contribution in [3.63, 3.8) is 0 Å². The molecule has 0 aliphatic carbocycles. The molecule has 0 unspecified atom stereocenters. The molecule has 1 heterocycles. The lowest BCUT2D eigenvalue weighted by molar-refractivity contribution is -0.130. The fourth-order valence-electron chi connectivity index (χ4n) is 2.85. The average Bonchev–Trinajstić information content (AvgIpc) is 2.67. The summed E-state index contributed by atoms with van der Waals surface area (Å²) in [6.45, 7) is 4.19. The smallest absolute Gasteiger partial charge is 0.258 e. The Balaban J connectivity index is 1.66. The van der Waals surface area contributed by atoms with E-state index < -0.39 is 0 Å². The van der Waals surface area contributed by atoms with E-state index in [0.29, 0.717) is 27.5 Å². The minimum atomic E-state index is -0.186. The Hall–Kier alpha value is -2.31. The first kappa shape index (κ1) is 20.4. The van der Waals surface area contributed by atoms with Crippen LogP contribution in [-0.2, 0) is 17.1 Å². The van der Waals surface area contributed by atoms with Crippen LogP contribution in [0, 0.1) is 0 Å². The Morgan fingerprint density at radius 3 is 2.61 bits per heavy atom. The maximum absolute atomic E-state index is 12.7. The van der Waals surface area contributed by atoms with E-state index in [4.69, 9.17) is 11.6 Å². The number of carbonyl (C=O) groups excluding carboxylic acids is 1. The number of H-pyrrole nitrogens is 1. The molecule has 5 nitrogen and oxygen atoms in total. The largest absolute Gasteiger partial charge is 0.332 e. The summed E-state index contributed by atoms with van der Waals surface area (Å²) in [6, 6.07) is 14.8. The number of benzene rings is 2. The third kappa shape index (κ3) is 5.14. The molecule has 0 saturated carbocycles. The van der Waals surface area contributed by atoms with E-state index in [1.54, 1.807) is 34.9 Å². The van der Waals surface area contributed by atoms with E-state index >= 15 is 0 Å². The fraction of sp³-hybridized carbons (Fsp3) is 0.286. The minimum Gasteiger partial charge on any atom is -0.332 e. The monoisotopic (exact) mass is 415 g/mol. The average molecular weight is 416 g/mol. The van der Waals surface area contributed by atoms with Gasteiger partial charge >= 0.3 is 0 Å². The number of hydrogen-bond donors (Lipinski definition) is 1. The molecule has 146 valence electrons. The zero-order valence-electron chi connectivity index (χ0n) is 15.8. The van der Waals surface area contributed by atoms with Gasteiger partial charge in [0.15, 0.2) is 0 Å². The Morgan fingerprint density at radius 2 is 1.89 bits per heavy atom. The van der Waals surface area contributed by atoms with Gasteiger partial charge in [-0.25, -0.2) is 4.98 Å². The van der Waals surface area contributed by atoms with Crippen LogP contribution < -0.4 is 5.56 Å². The Labute approximate surface area is 173 Å². The molecule has 1 amide bonds. The lowest BCUT2D eigenvalue weighted by atomic mass is 10.2. The molecule has 0 radical (unpaired) electrons. The van der Waals surface area contributed by atoms with Crippen molar-refractivity contribution in [3.8, 4) is 0 Å². The molecule has 3 aromatic rings. The van der Waals surface area contributed by atoms with E-state index in [2.05, 4.69) is 9.97 Å². The number of nitrogens with zero attached hydrogens (tertiary/aromatic N) is 2. The summed E-state index contributed by atoms with van der Waals surface area (Å²) >= 11 is 7.45. The van der Waals surface area contributed by atoms with Gasteiger partial charge in [0, 0.05) is 16.8 Å². The van der Waals surface area contributed by atoms with Crippen LogP contribution in [0.25, 0.3) is 10.9 Å². The summed E-state index contributed by atoms with van der Waals surface area (Å²) in [5.41, 5.74) is 1.57. The van der Waals surface area contributed by atoms with E-state index in [1.807, 2.05) is 44.2 Å². The summed E-state index contributed by atoms with van der Waals surface area (Å²) < 4.78 is 0. The lowest BCUT2D eigenvalue weighted by Gasteiger charge is -2.26. The minimum absolute atomic E-state index is 0.000374. The third-order valence-electron chi connectivity index (χ3n) is 4.33. The number of halogens is 1. The predicted molar refractivity (Wildman–Crippen MR) is 116 cm³/mol. The molecular formula is C21H22ClN3O2S. The molecule has 1 aromatic heterocycles. The van der Waals surface area contributed by atoms with Gasteiger partial charge in [0.05, 0.1) is 23.2 Å². The van der Waals surface area contributed by atoms with E-state index in [1.165, 1.54) is 0 Å². The highest BCUT2D eigenvalue weighted by atomic mass is 35.5. The van der Waals surface area contributed by atoms with Crippen LogP contribution in [0.5, 0.6) is 0 Å². The van der Waals surface area contributed by atoms with Gasteiger partial charge in [-0.1, -0.05) is 35.9 Å². The predicted octanol–water partition coefficient (Wildman–Crippen LogP) is 4.25. The highest BCUT2D eigenvalue weighted by molar-refractivity contribution is 7.99. The Morgan fingerprint density at radius 1 is 1.18 bits per heavy atom. The van der Waals surface area contributed by atoms with Gasteiger partial charge < -0.3 is 9.88 Å². The number of nitrogens with one attached hydrogen (secondary N) is 1. The van der Waals surface area contributed by atoms with Crippen LogP contribution in [-0.4, -0.2) is 32.6 Å². The second-order valence-electron chi connectivity index (χ2n) is 6.76. The Kier molecular flexibility index (Phi) is 6.75. The van der Waals surface area contributed by atoms with Crippen LogP contribution in [0.15, 0.2) is 53.3 Å². The number of rotatable bonds is 7. The first-order chi connectivity index (χ1) is 13.4. The summed E-state index contributed by atoms with van der Waals surface area (Å²) in [5.74, 6) is 1.61. The van der Waals surface area contributed by atoms with Gasteiger partial charge in [0.2, 0.25) is 5.91 Å². The molecule has 7 heteroatoms. The van der Waals surface area contributed by atoms with Crippen molar-refractivity contribution in [1.82, 2.24) is 14.9 Å². The van der Waals surface area contributed by atoms with Crippen molar-refractivity contribution in [2.45, 2.75) is 32.2 Å². The lowest BCUT2D eigenvalue weighted by Crippen LogP contribution is -2.38. The first-order valence-corrected chi connectivity index (χ1v) is 10.6. The van der Waals surface area contributed by atoms with Crippen LogP contribution in [0.4, 0.5) is 0 Å². The van der Waals surface area contributed by atoms with Gasteiger partial charge in [-0.2, -0.15) is 0 Å². The van der Waals surface area contributed by atoms with Crippen molar-refractivity contribution in [3.05, 3.63) is 75.3 Å². The first-order valence-electron chi connectivity index (χ1n) is 9.03. The number of carbonyl (C=O) groups is 1. The molecule has 3 rings (SSSR count). The number of para-hydroxylation sites is 1. The molecule has 0 atom stereocenters. The molecule has 0 spiro atoms. The van der Waals surface area contributed by atoms with Crippen LogP contribution in [0.2, 0.25) is 5.02 Å². The maximum atomic E-state index is 12.7. The molecule has 28 heavy (non-hydrogen) atoms. The number of thioether (sulfide) groups is 1. The standard InChI is InChI=1S/C21H22ClN3O2S/c1-14(2)25(20(26)13-28-12-15-7-9-16(22)10-8-15)11-19-23-18-6-4-3-5-17(18)21(27)24-19/h3-10,14H,11-13H2,1-2H3,(H,23,24,27). The summed E-state index contributed by atoms with van der Waals surface area (Å²) in [4.78, 5) is 34.1. The van der Waals surface area contributed by atoms with Crippen molar-refractivity contribution in [2.75, 3.05) is 5.75 Å². The maximum Gasteiger partial charge on any atom is 0.258 e. The molecule has 0 saturated heterocycles. The van der Waals surface area contributed by atoms with E-state index in [-0.39, 0.29) is 24.1 Å². The molecule has 0 fully saturated rings. The van der Waals surface area contributed by atoms with Crippen molar-refractivity contribution in [2.24, 2.45) is 0 Å². The molecule has 0 aliphatic heterocycles. The van der Waals surface area contributed by atoms with Crippen molar-refractivity contribution in [1.29, 1.82) is 0 Å².